The zero-order chi connectivity index (χ0) is 22.7. The quantitative estimate of drug-likeness (QED) is 0.186. The van der Waals surface area contributed by atoms with Gasteiger partial charge in [0.2, 0.25) is 0 Å². The van der Waals surface area contributed by atoms with Crippen LogP contribution in [0.4, 0.5) is 0 Å². The average molecular weight is 606 g/mol. The van der Waals surface area contributed by atoms with Crippen molar-refractivity contribution in [2.24, 2.45) is 0 Å². The SMILES string of the molecule is C1=CC[C]([Zr]([CH]2c3ccccc3-c3ccccc32)[SiH](Cc2ccccc2)Cc2ccccc2)=C1.Cl.Cl. The summed E-state index contributed by atoms with van der Waals surface area (Å²) >= 11 is -2.13. The van der Waals surface area contributed by atoms with E-state index in [9.17, 15) is 0 Å². The number of hydrogen-bond donors (Lipinski definition) is 0. The molecule has 0 nitrogen and oxygen atoms in total. The first-order valence-corrected chi connectivity index (χ1v) is 21.5. The zero-order valence-electron chi connectivity index (χ0n) is 20.2. The molecule has 0 unspecified atom stereocenters. The number of fused-ring (bicyclic) bond motifs is 3. The fraction of sp³-hybridized carbons (Fsp3) is 0.125. The van der Waals surface area contributed by atoms with Gasteiger partial charge in [-0.3, -0.25) is 0 Å². The van der Waals surface area contributed by atoms with Gasteiger partial charge in [0.25, 0.3) is 0 Å². The summed E-state index contributed by atoms with van der Waals surface area (Å²) in [5, 5.41) is 0. The Bertz CT molecular complexity index is 1260. The minimum atomic E-state index is -2.13. The Morgan fingerprint density at radius 1 is 0.611 bits per heavy atom. The van der Waals surface area contributed by atoms with Crippen molar-refractivity contribution in [3.8, 4) is 11.1 Å². The van der Waals surface area contributed by atoms with Crippen molar-refractivity contribution in [1.82, 2.24) is 0 Å². The van der Waals surface area contributed by atoms with Gasteiger partial charge in [0, 0.05) is 0 Å². The maximum absolute atomic E-state index is 2.52. The Labute approximate surface area is 236 Å². The fourth-order valence-corrected chi connectivity index (χ4v) is 32.0. The molecule has 0 atom stereocenters. The van der Waals surface area contributed by atoms with Crippen LogP contribution in [0.25, 0.3) is 11.1 Å². The molecule has 0 spiro atoms. The van der Waals surface area contributed by atoms with E-state index < -0.39 is 26.8 Å². The van der Waals surface area contributed by atoms with Crippen LogP contribution in [-0.2, 0) is 33.0 Å². The topological polar surface area (TPSA) is 0 Å². The monoisotopic (exact) mass is 603 g/mol. The van der Waals surface area contributed by atoms with E-state index in [1.165, 1.54) is 29.6 Å². The molecule has 0 radical (unpaired) electrons. The normalized spacial score (nSPS) is 13.4. The third-order valence-electron chi connectivity index (χ3n) is 7.38. The number of hydrogen-bond acceptors (Lipinski definition) is 0. The van der Waals surface area contributed by atoms with Crippen molar-refractivity contribution in [3.63, 3.8) is 0 Å². The second-order valence-corrected chi connectivity index (χ2v) is 26.6. The van der Waals surface area contributed by atoms with E-state index in [-0.39, 0.29) is 24.8 Å². The molecule has 2 aliphatic carbocycles. The fourth-order valence-electron chi connectivity index (χ4n) is 5.92. The average Bonchev–Trinajstić information content (AvgIpc) is 3.53. The number of rotatable bonds is 7. The van der Waals surface area contributed by atoms with Gasteiger partial charge in [-0.15, -0.1) is 24.8 Å². The molecule has 6 rings (SSSR count). The summed E-state index contributed by atoms with van der Waals surface area (Å²) in [6, 6.07) is 43.9. The van der Waals surface area contributed by atoms with Crippen molar-refractivity contribution >= 4 is 30.7 Å². The smallest absolute Gasteiger partial charge is 0.147 e. The molecule has 4 aromatic carbocycles. The van der Waals surface area contributed by atoms with Gasteiger partial charge in [-0.1, -0.05) is 0 Å². The molecule has 0 aromatic heterocycles. The molecule has 2 aliphatic rings. The van der Waals surface area contributed by atoms with Crippen molar-refractivity contribution in [1.29, 1.82) is 0 Å². The van der Waals surface area contributed by atoms with Crippen molar-refractivity contribution < 1.29 is 20.9 Å². The number of allylic oxidation sites excluding steroid dienone is 4. The second-order valence-electron chi connectivity index (χ2n) is 9.46. The number of halogens is 2. The Hall–Kier alpha value is -1.96. The number of benzene rings is 4. The molecule has 0 aliphatic heterocycles. The van der Waals surface area contributed by atoms with Gasteiger partial charge >= 0.3 is 213 Å². The summed E-state index contributed by atoms with van der Waals surface area (Å²) in [5.74, 6) is -1.14. The van der Waals surface area contributed by atoms with Crippen LogP contribution in [0.15, 0.2) is 131 Å². The van der Waals surface area contributed by atoms with Gasteiger partial charge in [-0.25, -0.2) is 0 Å². The van der Waals surface area contributed by atoms with E-state index in [0.717, 1.165) is 0 Å². The molecule has 0 bridgehead atoms. The van der Waals surface area contributed by atoms with E-state index in [4.69, 9.17) is 0 Å². The summed E-state index contributed by atoms with van der Waals surface area (Å²) in [5.41, 5.74) is 9.28. The minimum Gasteiger partial charge on any atom is -0.147 e. The van der Waals surface area contributed by atoms with Crippen LogP contribution in [0.5, 0.6) is 0 Å². The van der Waals surface area contributed by atoms with E-state index >= 15 is 0 Å². The molecule has 36 heavy (non-hydrogen) atoms. The van der Waals surface area contributed by atoms with Crippen molar-refractivity contribution in [2.45, 2.75) is 22.1 Å². The molecular weight excluding hydrogens is 575 g/mol. The molecule has 181 valence electrons. The van der Waals surface area contributed by atoms with Gasteiger partial charge < -0.3 is 0 Å². The predicted octanol–water partition coefficient (Wildman–Crippen LogP) is 8.35. The predicted molar refractivity (Wildman–Crippen MR) is 157 cm³/mol. The van der Waals surface area contributed by atoms with Crippen LogP contribution < -0.4 is 0 Å². The summed E-state index contributed by atoms with van der Waals surface area (Å²) in [7, 11) is 0. The van der Waals surface area contributed by atoms with Gasteiger partial charge in [0.05, 0.1) is 0 Å². The van der Waals surface area contributed by atoms with Gasteiger partial charge in [0.1, 0.15) is 0 Å². The molecule has 0 amide bonds. The molecule has 0 fully saturated rings. The standard InChI is InChI=1S/C14H15Si.C13H9.C5H5.2ClH.Zr/c1-3-7-13(8-4-1)11-15-12-14-9-5-2-6-10-14;1-3-7-12-10(5-1)9-11-6-2-4-8-13(11)12;1-2-4-5-3-1;;;/h1-10,15H,11-12H2;1-9H;1-3H,4H2;2*1H;. The molecule has 0 saturated carbocycles. The van der Waals surface area contributed by atoms with Crippen LogP contribution in [0.3, 0.4) is 0 Å². The molecule has 0 saturated heterocycles. The first-order valence-electron chi connectivity index (χ1n) is 12.4. The third kappa shape index (κ3) is 5.48. The van der Waals surface area contributed by atoms with Crippen molar-refractivity contribution in [3.05, 3.63) is 153 Å². The summed E-state index contributed by atoms with van der Waals surface area (Å²) in [6.07, 6.45) is 8.44. The van der Waals surface area contributed by atoms with E-state index in [2.05, 4.69) is 127 Å². The second kappa shape index (κ2) is 12.5. The first kappa shape index (κ1) is 27.1. The van der Waals surface area contributed by atoms with Crippen LogP contribution in [0, 0.1) is 0 Å². The Kier molecular flexibility index (Phi) is 9.42. The molecular formula is C32H31Cl2SiZr. The van der Waals surface area contributed by atoms with Crippen LogP contribution >= 0.6 is 24.8 Å². The van der Waals surface area contributed by atoms with Crippen LogP contribution in [-0.4, -0.2) is 5.92 Å². The van der Waals surface area contributed by atoms with Crippen LogP contribution in [0.1, 0.15) is 32.3 Å². The van der Waals surface area contributed by atoms with Crippen molar-refractivity contribution in [2.75, 3.05) is 0 Å². The van der Waals surface area contributed by atoms with Gasteiger partial charge in [-0.2, -0.15) is 0 Å². The molecule has 0 N–H and O–H groups in total. The largest absolute Gasteiger partial charge is 0.147 e. The summed E-state index contributed by atoms with van der Waals surface area (Å²) < 4.78 is 2.48. The summed E-state index contributed by atoms with van der Waals surface area (Å²) in [6.45, 7) is 0. The Morgan fingerprint density at radius 3 is 1.56 bits per heavy atom. The minimum absolute atomic E-state index is 0. The first-order chi connectivity index (χ1) is 16.9. The van der Waals surface area contributed by atoms with E-state index in [1.807, 2.05) is 3.28 Å². The molecule has 4 heteroatoms. The summed E-state index contributed by atoms with van der Waals surface area (Å²) in [4.78, 5) is 0. The van der Waals surface area contributed by atoms with Crippen LogP contribution in [0.2, 0.25) is 0 Å². The zero-order valence-corrected chi connectivity index (χ0v) is 25.5. The maximum Gasteiger partial charge on any atom is -0.147 e. The Morgan fingerprint density at radius 2 is 1.08 bits per heavy atom. The Balaban J connectivity index is 0.00000152. The van der Waals surface area contributed by atoms with E-state index in [0.29, 0.717) is 3.63 Å². The van der Waals surface area contributed by atoms with Gasteiger partial charge in [-0.05, 0) is 0 Å². The molecule has 4 aromatic rings. The third-order valence-corrected chi connectivity index (χ3v) is 29.6. The van der Waals surface area contributed by atoms with E-state index in [1.54, 1.807) is 22.3 Å². The maximum atomic E-state index is 2.52. The van der Waals surface area contributed by atoms with Gasteiger partial charge in [0.15, 0.2) is 0 Å². The molecule has 0 heterocycles.